The lowest BCUT2D eigenvalue weighted by atomic mass is 9.93. The number of hydrogen-bond donors (Lipinski definition) is 1. The van der Waals surface area contributed by atoms with Crippen LogP contribution in [-0.2, 0) is 23.8 Å². The zero-order valence-corrected chi connectivity index (χ0v) is 15.7. The van der Waals surface area contributed by atoms with Gasteiger partial charge in [-0.3, -0.25) is 9.59 Å². The average molecular weight is 355 g/mol. The SMILES string of the molecule is CCOC(=O)C(C[C@@H]1C=C[C@H](NC(=O)OC(C)(C)C)C1)C(=O)OCC. The molecule has 0 aromatic carbocycles. The van der Waals surface area contributed by atoms with Gasteiger partial charge in [0, 0.05) is 0 Å². The minimum Gasteiger partial charge on any atom is -0.465 e. The number of carbonyl (C=O) groups is 3. The van der Waals surface area contributed by atoms with E-state index in [4.69, 9.17) is 14.2 Å². The molecule has 142 valence electrons. The van der Waals surface area contributed by atoms with Crippen molar-refractivity contribution in [1.82, 2.24) is 5.32 Å². The Hall–Kier alpha value is -2.05. The van der Waals surface area contributed by atoms with Crippen LogP contribution in [0, 0.1) is 11.8 Å². The molecule has 1 aliphatic rings. The average Bonchev–Trinajstić information content (AvgIpc) is 2.90. The van der Waals surface area contributed by atoms with Crippen LogP contribution in [0.4, 0.5) is 4.79 Å². The first-order valence-electron chi connectivity index (χ1n) is 8.67. The molecule has 2 atom stereocenters. The van der Waals surface area contributed by atoms with E-state index >= 15 is 0 Å². The number of carbonyl (C=O) groups excluding carboxylic acids is 3. The Morgan fingerprint density at radius 3 is 2.12 bits per heavy atom. The molecule has 0 bridgehead atoms. The van der Waals surface area contributed by atoms with E-state index in [1.165, 1.54) is 0 Å². The van der Waals surface area contributed by atoms with E-state index in [2.05, 4.69) is 5.32 Å². The molecule has 1 rings (SSSR count). The van der Waals surface area contributed by atoms with E-state index in [9.17, 15) is 14.4 Å². The van der Waals surface area contributed by atoms with Gasteiger partial charge >= 0.3 is 18.0 Å². The van der Waals surface area contributed by atoms with Crippen LogP contribution in [0.15, 0.2) is 12.2 Å². The summed E-state index contributed by atoms with van der Waals surface area (Å²) >= 11 is 0. The Bertz CT molecular complexity index is 490. The van der Waals surface area contributed by atoms with Crippen molar-refractivity contribution in [2.75, 3.05) is 13.2 Å². The second-order valence-corrected chi connectivity index (χ2v) is 6.93. The molecule has 0 aromatic rings. The second-order valence-electron chi connectivity index (χ2n) is 6.93. The standard InChI is InChI=1S/C18H29NO6/c1-6-23-15(20)14(16(21)24-7-2)11-12-8-9-13(10-12)19-17(22)25-18(3,4)5/h8-9,12-14H,6-7,10-11H2,1-5H3,(H,19,22)/t12-,13+/m1/s1. The number of hydrogen-bond acceptors (Lipinski definition) is 6. The maximum atomic E-state index is 12.0. The zero-order chi connectivity index (χ0) is 19.0. The zero-order valence-electron chi connectivity index (χ0n) is 15.7. The number of rotatable bonds is 7. The molecule has 1 aliphatic carbocycles. The van der Waals surface area contributed by atoms with Crippen LogP contribution in [-0.4, -0.2) is 42.9 Å². The highest BCUT2D eigenvalue weighted by atomic mass is 16.6. The van der Waals surface area contributed by atoms with Crippen LogP contribution in [0.1, 0.15) is 47.5 Å². The van der Waals surface area contributed by atoms with E-state index in [0.29, 0.717) is 12.8 Å². The van der Waals surface area contributed by atoms with E-state index in [0.717, 1.165) is 0 Å². The lowest BCUT2D eigenvalue weighted by molar-refractivity contribution is -0.162. The predicted molar refractivity (Wildman–Crippen MR) is 91.8 cm³/mol. The minimum absolute atomic E-state index is 0.0289. The molecule has 0 saturated carbocycles. The number of allylic oxidation sites excluding steroid dienone is 1. The van der Waals surface area contributed by atoms with Crippen molar-refractivity contribution < 1.29 is 28.6 Å². The van der Waals surface area contributed by atoms with Crippen LogP contribution >= 0.6 is 0 Å². The first-order valence-corrected chi connectivity index (χ1v) is 8.67. The Balaban J connectivity index is 2.58. The Morgan fingerprint density at radius 2 is 1.64 bits per heavy atom. The molecule has 0 aliphatic heterocycles. The predicted octanol–water partition coefficient (Wildman–Crippen LogP) is 2.59. The minimum atomic E-state index is -0.949. The van der Waals surface area contributed by atoms with Crippen molar-refractivity contribution >= 4 is 18.0 Å². The summed E-state index contributed by atoms with van der Waals surface area (Å²) in [6.07, 6.45) is 4.14. The molecule has 0 spiro atoms. The van der Waals surface area contributed by atoms with Crippen LogP contribution in [0.2, 0.25) is 0 Å². The lowest BCUT2D eigenvalue weighted by Gasteiger charge is -2.22. The summed E-state index contributed by atoms with van der Waals surface area (Å²) in [5.74, 6) is -2.12. The summed E-state index contributed by atoms with van der Waals surface area (Å²) in [6.45, 7) is 9.18. The fraction of sp³-hybridized carbons (Fsp3) is 0.722. The molecule has 1 N–H and O–H groups in total. The third-order valence-corrected chi connectivity index (χ3v) is 3.56. The van der Waals surface area contributed by atoms with Gasteiger partial charge in [-0.25, -0.2) is 4.79 Å². The van der Waals surface area contributed by atoms with Crippen molar-refractivity contribution in [3.05, 3.63) is 12.2 Å². The van der Waals surface area contributed by atoms with Crippen molar-refractivity contribution in [2.45, 2.75) is 59.1 Å². The fourth-order valence-corrected chi connectivity index (χ4v) is 2.59. The molecular formula is C18H29NO6. The summed E-state index contributed by atoms with van der Waals surface area (Å²) in [7, 11) is 0. The molecule has 0 unspecified atom stereocenters. The third kappa shape index (κ3) is 7.58. The van der Waals surface area contributed by atoms with E-state index in [1.54, 1.807) is 34.6 Å². The number of nitrogens with one attached hydrogen (secondary N) is 1. The van der Waals surface area contributed by atoms with E-state index in [1.807, 2.05) is 12.2 Å². The maximum absolute atomic E-state index is 12.0. The molecular weight excluding hydrogens is 326 g/mol. The van der Waals surface area contributed by atoms with Gasteiger partial charge in [-0.2, -0.15) is 0 Å². The molecule has 0 aromatic heterocycles. The Labute approximate surface area is 149 Å². The Morgan fingerprint density at radius 1 is 1.08 bits per heavy atom. The molecule has 0 radical (unpaired) electrons. The van der Waals surface area contributed by atoms with E-state index in [-0.39, 0.29) is 25.2 Å². The molecule has 7 heteroatoms. The lowest BCUT2D eigenvalue weighted by Crippen LogP contribution is -2.38. The molecule has 0 saturated heterocycles. The normalized spacial score (nSPS) is 19.6. The van der Waals surface area contributed by atoms with Gasteiger partial charge in [0.15, 0.2) is 5.92 Å². The van der Waals surface area contributed by atoms with Crippen LogP contribution in [0.25, 0.3) is 0 Å². The number of esters is 2. The summed E-state index contributed by atoms with van der Waals surface area (Å²) in [5, 5.41) is 2.77. The number of alkyl carbamates (subject to hydrolysis) is 1. The van der Waals surface area contributed by atoms with E-state index < -0.39 is 29.6 Å². The van der Waals surface area contributed by atoms with Crippen LogP contribution < -0.4 is 5.32 Å². The largest absolute Gasteiger partial charge is 0.465 e. The molecule has 1 amide bonds. The fourth-order valence-electron chi connectivity index (χ4n) is 2.59. The highest BCUT2D eigenvalue weighted by Crippen LogP contribution is 2.26. The summed E-state index contributed by atoms with van der Waals surface area (Å²) in [4.78, 5) is 35.9. The molecule has 0 heterocycles. The second kappa shape index (κ2) is 9.44. The first-order chi connectivity index (χ1) is 11.7. The molecule has 0 fully saturated rings. The summed E-state index contributed by atoms with van der Waals surface area (Å²) in [6, 6.07) is -0.190. The van der Waals surface area contributed by atoms with Gasteiger partial charge in [-0.05, 0) is 53.4 Å². The summed E-state index contributed by atoms with van der Waals surface area (Å²) < 4.78 is 15.2. The van der Waals surface area contributed by atoms with Crippen molar-refractivity contribution in [3.63, 3.8) is 0 Å². The summed E-state index contributed by atoms with van der Waals surface area (Å²) in [5.41, 5.74) is -0.565. The Kier molecular flexibility index (Phi) is 7.93. The van der Waals surface area contributed by atoms with Gasteiger partial charge in [0.05, 0.1) is 19.3 Å². The highest BCUT2D eigenvalue weighted by Gasteiger charge is 2.34. The van der Waals surface area contributed by atoms with Crippen molar-refractivity contribution in [1.29, 1.82) is 0 Å². The molecule has 7 nitrogen and oxygen atoms in total. The smallest absolute Gasteiger partial charge is 0.408 e. The van der Waals surface area contributed by atoms with Crippen molar-refractivity contribution in [2.24, 2.45) is 11.8 Å². The van der Waals surface area contributed by atoms with Gasteiger partial charge in [0.25, 0.3) is 0 Å². The van der Waals surface area contributed by atoms with Crippen LogP contribution in [0.3, 0.4) is 0 Å². The first kappa shape index (κ1) is 21.0. The maximum Gasteiger partial charge on any atom is 0.408 e. The van der Waals surface area contributed by atoms with Crippen LogP contribution in [0.5, 0.6) is 0 Å². The van der Waals surface area contributed by atoms with Gasteiger partial charge in [-0.15, -0.1) is 0 Å². The van der Waals surface area contributed by atoms with Gasteiger partial charge in [0.2, 0.25) is 0 Å². The number of amides is 1. The third-order valence-electron chi connectivity index (χ3n) is 3.56. The monoisotopic (exact) mass is 355 g/mol. The highest BCUT2D eigenvalue weighted by molar-refractivity contribution is 5.94. The topological polar surface area (TPSA) is 90.9 Å². The number of ether oxygens (including phenoxy) is 3. The quantitative estimate of drug-likeness (QED) is 0.327. The molecule has 25 heavy (non-hydrogen) atoms. The van der Waals surface area contributed by atoms with Gasteiger partial charge < -0.3 is 19.5 Å². The van der Waals surface area contributed by atoms with Gasteiger partial charge in [-0.1, -0.05) is 12.2 Å². The van der Waals surface area contributed by atoms with Gasteiger partial charge in [0.1, 0.15) is 5.60 Å². The van der Waals surface area contributed by atoms with Crippen molar-refractivity contribution in [3.8, 4) is 0 Å².